The molecular weight excluding hydrogens is 263 g/mol. The van der Waals surface area contributed by atoms with Crippen LogP contribution < -0.4 is 5.73 Å². The molecule has 20 heavy (non-hydrogen) atoms. The highest BCUT2D eigenvalue weighted by atomic mass is 19.1. The number of hydrogen-bond donors (Lipinski definition) is 1. The minimum absolute atomic E-state index is 0.154. The molecule has 7 heteroatoms. The number of ether oxygens (including phenoxy) is 1. The molecule has 2 heterocycles. The molecule has 0 aromatic carbocycles. The van der Waals surface area contributed by atoms with E-state index in [0.29, 0.717) is 19.6 Å². The third-order valence-electron chi connectivity index (χ3n) is 3.42. The minimum Gasteiger partial charge on any atom is -0.464 e. The molecule has 1 aliphatic rings. The third-order valence-corrected chi connectivity index (χ3v) is 3.42. The van der Waals surface area contributed by atoms with Gasteiger partial charge in [-0.15, -0.1) is 0 Å². The van der Waals surface area contributed by atoms with Gasteiger partial charge in [-0.1, -0.05) is 0 Å². The highest BCUT2D eigenvalue weighted by Gasteiger charge is 2.42. The van der Waals surface area contributed by atoms with Gasteiger partial charge in [-0.25, -0.2) is 19.2 Å². The summed E-state index contributed by atoms with van der Waals surface area (Å²) in [4.78, 5) is 21.5. The van der Waals surface area contributed by atoms with Crippen LogP contribution in [0.3, 0.4) is 0 Å². The fourth-order valence-corrected chi connectivity index (χ4v) is 2.23. The Balaban J connectivity index is 1.88. The minimum atomic E-state index is -1.84. The first-order valence-corrected chi connectivity index (χ1v) is 6.68. The molecule has 110 valence electrons. The molecule has 1 saturated heterocycles. The first-order valence-electron chi connectivity index (χ1n) is 6.68. The predicted octanol–water partition coefficient (Wildman–Crippen LogP) is 0.926. The molecule has 6 nitrogen and oxygen atoms in total. The molecule has 0 amide bonds. The van der Waals surface area contributed by atoms with Gasteiger partial charge in [0.15, 0.2) is 0 Å². The Kier molecular flexibility index (Phi) is 4.49. The molecule has 0 bridgehead atoms. The van der Waals surface area contributed by atoms with Crippen molar-refractivity contribution >= 4 is 11.9 Å². The zero-order valence-electron chi connectivity index (χ0n) is 11.5. The maximum Gasteiger partial charge on any atom is 0.343 e. The highest BCUT2D eigenvalue weighted by Crippen LogP contribution is 2.28. The Morgan fingerprint density at radius 3 is 2.60 bits per heavy atom. The normalized spacial score (nSPS) is 18.7. The van der Waals surface area contributed by atoms with Gasteiger partial charge in [-0.3, -0.25) is 4.90 Å². The second kappa shape index (κ2) is 6.13. The summed E-state index contributed by atoms with van der Waals surface area (Å²) in [6.45, 7) is 3.51. The largest absolute Gasteiger partial charge is 0.464 e. The van der Waals surface area contributed by atoms with E-state index in [1.807, 2.05) is 0 Å². The van der Waals surface area contributed by atoms with Crippen molar-refractivity contribution < 1.29 is 13.9 Å². The number of aromatic nitrogens is 2. The van der Waals surface area contributed by atoms with Gasteiger partial charge in [-0.05, 0) is 6.92 Å². The van der Waals surface area contributed by atoms with E-state index in [-0.39, 0.29) is 25.4 Å². The number of carbonyl (C=O) groups is 1. The number of hydrogen-bond acceptors (Lipinski definition) is 6. The summed E-state index contributed by atoms with van der Waals surface area (Å²) >= 11 is 0. The molecule has 0 radical (unpaired) electrons. The number of halogens is 1. The average Bonchev–Trinajstić information content (AvgIpc) is 2.44. The molecular formula is C13H19FN4O2. The number of esters is 1. The van der Waals surface area contributed by atoms with Gasteiger partial charge >= 0.3 is 5.97 Å². The van der Waals surface area contributed by atoms with Crippen LogP contribution in [0, 0.1) is 0 Å². The molecule has 0 saturated carbocycles. The summed E-state index contributed by atoms with van der Waals surface area (Å²) in [6, 6.07) is 0. The lowest BCUT2D eigenvalue weighted by atomic mass is 9.93. The topological polar surface area (TPSA) is 81.3 Å². The van der Waals surface area contributed by atoms with Crippen LogP contribution in [0.2, 0.25) is 0 Å². The van der Waals surface area contributed by atoms with Crippen LogP contribution in [0.15, 0.2) is 12.4 Å². The SMILES string of the molecule is CCOC(=O)C1(F)CCN(Cc2cnc(N)nc2)CC1. The van der Waals surface area contributed by atoms with Crippen molar-refractivity contribution in [1.82, 2.24) is 14.9 Å². The molecule has 0 aliphatic carbocycles. The van der Waals surface area contributed by atoms with Gasteiger partial charge in [0.1, 0.15) is 0 Å². The molecule has 2 N–H and O–H groups in total. The van der Waals surface area contributed by atoms with Crippen molar-refractivity contribution in [2.45, 2.75) is 32.0 Å². The number of rotatable bonds is 4. The number of piperidine rings is 1. The fourth-order valence-electron chi connectivity index (χ4n) is 2.23. The zero-order valence-corrected chi connectivity index (χ0v) is 11.5. The lowest BCUT2D eigenvalue weighted by Crippen LogP contribution is -2.46. The number of nitrogens with two attached hydrogens (primary N) is 1. The van der Waals surface area contributed by atoms with Gasteiger partial charge in [0.25, 0.3) is 0 Å². The quantitative estimate of drug-likeness (QED) is 0.827. The molecule has 2 rings (SSSR count). The molecule has 1 fully saturated rings. The summed E-state index contributed by atoms with van der Waals surface area (Å²) in [5, 5.41) is 0. The van der Waals surface area contributed by atoms with E-state index in [0.717, 1.165) is 5.56 Å². The molecule has 0 unspecified atom stereocenters. The second-order valence-electron chi connectivity index (χ2n) is 4.91. The van der Waals surface area contributed by atoms with Crippen molar-refractivity contribution in [3.8, 4) is 0 Å². The van der Waals surface area contributed by atoms with E-state index in [1.54, 1.807) is 19.3 Å². The zero-order chi connectivity index (χ0) is 14.6. The summed E-state index contributed by atoms with van der Waals surface area (Å²) in [6.07, 6.45) is 3.62. The van der Waals surface area contributed by atoms with E-state index >= 15 is 0 Å². The number of anilines is 1. The molecule has 0 atom stereocenters. The second-order valence-corrected chi connectivity index (χ2v) is 4.91. The average molecular weight is 282 g/mol. The van der Waals surface area contributed by atoms with Crippen LogP contribution in [-0.4, -0.2) is 46.2 Å². The van der Waals surface area contributed by atoms with E-state index in [1.165, 1.54) is 0 Å². The summed E-state index contributed by atoms with van der Waals surface area (Å²) in [5.74, 6) is -0.507. The van der Waals surface area contributed by atoms with E-state index in [9.17, 15) is 9.18 Å². The Morgan fingerprint density at radius 2 is 2.05 bits per heavy atom. The van der Waals surface area contributed by atoms with Gasteiger partial charge in [0, 0.05) is 50.4 Å². The first kappa shape index (κ1) is 14.6. The van der Waals surface area contributed by atoms with Crippen molar-refractivity contribution in [2.24, 2.45) is 0 Å². The Bertz CT molecular complexity index is 458. The van der Waals surface area contributed by atoms with Crippen LogP contribution in [0.1, 0.15) is 25.3 Å². The Labute approximate surface area is 117 Å². The van der Waals surface area contributed by atoms with Crippen LogP contribution in [0.4, 0.5) is 10.3 Å². The van der Waals surface area contributed by atoms with Gasteiger partial charge < -0.3 is 10.5 Å². The molecule has 1 aromatic rings. The Morgan fingerprint density at radius 1 is 1.45 bits per heavy atom. The number of likely N-dealkylation sites (tertiary alicyclic amines) is 1. The smallest absolute Gasteiger partial charge is 0.343 e. The van der Waals surface area contributed by atoms with Crippen molar-refractivity contribution in [2.75, 3.05) is 25.4 Å². The van der Waals surface area contributed by atoms with Crippen molar-refractivity contribution in [1.29, 1.82) is 0 Å². The maximum absolute atomic E-state index is 14.4. The number of alkyl halides is 1. The summed E-state index contributed by atoms with van der Waals surface area (Å²) < 4.78 is 19.2. The highest BCUT2D eigenvalue weighted by molar-refractivity contribution is 5.79. The molecule has 1 aromatic heterocycles. The summed E-state index contributed by atoms with van der Waals surface area (Å²) in [5.41, 5.74) is 4.50. The monoisotopic (exact) mass is 282 g/mol. The lowest BCUT2D eigenvalue weighted by molar-refractivity contribution is -0.160. The molecule has 1 aliphatic heterocycles. The number of nitrogen functional groups attached to an aromatic ring is 1. The first-order chi connectivity index (χ1) is 9.53. The van der Waals surface area contributed by atoms with E-state index in [4.69, 9.17) is 10.5 Å². The fraction of sp³-hybridized carbons (Fsp3) is 0.615. The van der Waals surface area contributed by atoms with Crippen LogP contribution in [0.5, 0.6) is 0 Å². The Hall–Kier alpha value is -1.76. The van der Waals surface area contributed by atoms with Crippen LogP contribution in [0.25, 0.3) is 0 Å². The number of carbonyl (C=O) groups excluding carboxylic acids is 1. The number of nitrogens with zero attached hydrogens (tertiary/aromatic N) is 3. The van der Waals surface area contributed by atoms with E-state index in [2.05, 4.69) is 14.9 Å². The van der Waals surface area contributed by atoms with Gasteiger partial charge in [0.2, 0.25) is 11.6 Å². The summed E-state index contributed by atoms with van der Waals surface area (Å²) in [7, 11) is 0. The maximum atomic E-state index is 14.4. The van der Waals surface area contributed by atoms with Crippen LogP contribution >= 0.6 is 0 Å². The third kappa shape index (κ3) is 3.41. The predicted molar refractivity (Wildman–Crippen MR) is 71.4 cm³/mol. The van der Waals surface area contributed by atoms with E-state index < -0.39 is 11.6 Å². The van der Waals surface area contributed by atoms with Crippen molar-refractivity contribution in [3.63, 3.8) is 0 Å². The van der Waals surface area contributed by atoms with Crippen LogP contribution in [-0.2, 0) is 16.1 Å². The van der Waals surface area contributed by atoms with Gasteiger partial charge in [0.05, 0.1) is 6.61 Å². The lowest BCUT2D eigenvalue weighted by Gasteiger charge is -2.34. The standard InChI is InChI=1S/C13H19FN4O2/c1-2-20-11(19)13(14)3-5-18(6-4-13)9-10-7-16-12(15)17-8-10/h7-8H,2-6,9H2,1H3,(H2,15,16,17). The van der Waals surface area contributed by atoms with Crippen molar-refractivity contribution in [3.05, 3.63) is 18.0 Å². The van der Waals surface area contributed by atoms with Gasteiger partial charge in [-0.2, -0.15) is 0 Å². The molecule has 0 spiro atoms.